The summed E-state index contributed by atoms with van der Waals surface area (Å²) in [5, 5.41) is 11.5. The van der Waals surface area contributed by atoms with Gasteiger partial charge in [0.1, 0.15) is 0 Å². The van der Waals surface area contributed by atoms with Gasteiger partial charge in [-0.3, -0.25) is 14.5 Å². The zero-order valence-corrected chi connectivity index (χ0v) is 15.5. The smallest absolute Gasteiger partial charge is 0.261 e. The Kier molecular flexibility index (Phi) is 5.67. The Morgan fingerprint density at radius 1 is 1.04 bits per heavy atom. The molecule has 3 aromatic rings. The van der Waals surface area contributed by atoms with Crippen molar-refractivity contribution in [2.45, 2.75) is 11.4 Å². The lowest BCUT2D eigenvalue weighted by Crippen LogP contribution is -2.23. The number of anilines is 1. The molecule has 140 valence electrons. The van der Waals surface area contributed by atoms with Crippen LogP contribution in [0.5, 0.6) is 0 Å². The molecule has 0 aliphatic heterocycles. The summed E-state index contributed by atoms with van der Waals surface area (Å²) in [6, 6.07) is 17.3. The maximum Gasteiger partial charge on any atom is 0.261 e. The van der Waals surface area contributed by atoms with E-state index in [1.165, 1.54) is 48.5 Å². The molecule has 0 fully saturated rings. The van der Waals surface area contributed by atoms with E-state index in [1.54, 1.807) is 18.5 Å². The summed E-state index contributed by atoms with van der Waals surface area (Å²) in [5.41, 5.74) is 1.99. The minimum absolute atomic E-state index is 0.0284. The maximum atomic E-state index is 12.5. The molecule has 0 radical (unpaired) electrons. The molecule has 3 rings (SSSR count). The first-order valence-corrected chi connectivity index (χ1v) is 9.76. The van der Waals surface area contributed by atoms with Crippen LogP contribution >= 0.6 is 0 Å². The van der Waals surface area contributed by atoms with Crippen molar-refractivity contribution in [3.8, 4) is 6.07 Å². The number of nitrogens with zero attached hydrogens (tertiary/aromatic N) is 2. The fourth-order valence-electron chi connectivity index (χ4n) is 2.40. The van der Waals surface area contributed by atoms with Crippen LogP contribution in [0.25, 0.3) is 0 Å². The second-order valence-electron chi connectivity index (χ2n) is 5.86. The van der Waals surface area contributed by atoms with Crippen LogP contribution in [0.15, 0.2) is 78.0 Å². The number of pyridine rings is 1. The summed E-state index contributed by atoms with van der Waals surface area (Å²) in [5.74, 6) is -0.312. The van der Waals surface area contributed by atoms with Crippen LogP contribution in [0.4, 0.5) is 5.69 Å². The fourth-order valence-corrected chi connectivity index (χ4v) is 3.46. The second-order valence-corrected chi connectivity index (χ2v) is 7.55. The van der Waals surface area contributed by atoms with Gasteiger partial charge in [0.05, 0.1) is 16.5 Å². The number of carbonyl (C=O) groups is 1. The van der Waals surface area contributed by atoms with E-state index in [0.29, 0.717) is 23.4 Å². The van der Waals surface area contributed by atoms with E-state index in [4.69, 9.17) is 5.26 Å². The number of rotatable bonds is 6. The number of hydrogen-bond acceptors (Lipinski definition) is 5. The van der Waals surface area contributed by atoms with E-state index in [1.807, 2.05) is 12.1 Å². The van der Waals surface area contributed by atoms with Crippen LogP contribution in [0.2, 0.25) is 0 Å². The molecule has 2 N–H and O–H groups in total. The highest BCUT2D eigenvalue weighted by molar-refractivity contribution is 7.92. The first-order chi connectivity index (χ1) is 13.5. The van der Waals surface area contributed by atoms with E-state index in [9.17, 15) is 13.2 Å². The monoisotopic (exact) mass is 392 g/mol. The summed E-state index contributed by atoms with van der Waals surface area (Å²) in [7, 11) is -3.80. The van der Waals surface area contributed by atoms with Gasteiger partial charge in [0.25, 0.3) is 15.9 Å². The molecule has 0 saturated heterocycles. The van der Waals surface area contributed by atoms with Crippen molar-refractivity contribution in [3.63, 3.8) is 0 Å². The predicted octanol–water partition coefficient (Wildman–Crippen LogP) is 2.68. The highest BCUT2D eigenvalue weighted by Crippen LogP contribution is 2.17. The number of nitrogens with one attached hydrogen (secondary N) is 2. The van der Waals surface area contributed by atoms with Crippen molar-refractivity contribution in [2.75, 3.05) is 4.72 Å². The van der Waals surface area contributed by atoms with E-state index < -0.39 is 10.0 Å². The fraction of sp³-hybridized carbons (Fsp3) is 0.0500. The number of benzene rings is 2. The minimum Gasteiger partial charge on any atom is -0.348 e. The zero-order valence-electron chi connectivity index (χ0n) is 14.7. The van der Waals surface area contributed by atoms with Gasteiger partial charge in [-0.05, 0) is 60.2 Å². The summed E-state index contributed by atoms with van der Waals surface area (Å²) in [4.78, 5) is 16.2. The van der Waals surface area contributed by atoms with Gasteiger partial charge in [0.15, 0.2) is 0 Å². The van der Waals surface area contributed by atoms with Gasteiger partial charge < -0.3 is 5.32 Å². The first kappa shape index (κ1) is 19.1. The Hall–Kier alpha value is -3.70. The molecule has 0 aliphatic rings. The normalized spacial score (nSPS) is 10.7. The average molecular weight is 392 g/mol. The van der Waals surface area contributed by atoms with Gasteiger partial charge in [0, 0.05) is 30.2 Å². The topological polar surface area (TPSA) is 112 Å². The Balaban J connectivity index is 1.66. The molecule has 0 bridgehead atoms. The van der Waals surface area contributed by atoms with Gasteiger partial charge in [-0.15, -0.1) is 0 Å². The van der Waals surface area contributed by atoms with Gasteiger partial charge in [-0.25, -0.2) is 8.42 Å². The largest absolute Gasteiger partial charge is 0.348 e. The molecule has 0 aliphatic carbocycles. The van der Waals surface area contributed by atoms with Crippen molar-refractivity contribution >= 4 is 21.6 Å². The van der Waals surface area contributed by atoms with Gasteiger partial charge in [-0.2, -0.15) is 5.26 Å². The quantitative estimate of drug-likeness (QED) is 0.670. The molecule has 0 spiro atoms. The number of nitriles is 1. The molecule has 1 amide bonds. The Morgan fingerprint density at radius 2 is 1.75 bits per heavy atom. The first-order valence-electron chi connectivity index (χ1n) is 8.28. The molecule has 1 heterocycles. The lowest BCUT2D eigenvalue weighted by molar-refractivity contribution is 0.0951. The third-order valence-corrected chi connectivity index (χ3v) is 5.27. The highest BCUT2D eigenvalue weighted by atomic mass is 32.2. The average Bonchev–Trinajstić information content (AvgIpc) is 2.73. The molecule has 0 unspecified atom stereocenters. The van der Waals surface area contributed by atoms with Crippen molar-refractivity contribution in [2.24, 2.45) is 0 Å². The molecule has 1 aromatic heterocycles. The number of hydrogen-bond donors (Lipinski definition) is 2. The molecule has 8 heteroatoms. The van der Waals surface area contributed by atoms with Crippen LogP contribution in [0.3, 0.4) is 0 Å². The Bertz CT molecular complexity index is 1100. The molecule has 0 saturated carbocycles. The van der Waals surface area contributed by atoms with Crippen LogP contribution in [-0.4, -0.2) is 19.3 Å². The molecular formula is C20H16N4O3S. The maximum absolute atomic E-state index is 12.5. The number of amides is 1. The van der Waals surface area contributed by atoms with Crippen LogP contribution in [0, 0.1) is 11.3 Å². The summed E-state index contributed by atoms with van der Waals surface area (Å²) in [6.07, 6.45) is 3.31. The third-order valence-electron chi connectivity index (χ3n) is 3.87. The van der Waals surface area contributed by atoms with Crippen molar-refractivity contribution < 1.29 is 13.2 Å². The van der Waals surface area contributed by atoms with Crippen LogP contribution in [0.1, 0.15) is 21.5 Å². The van der Waals surface area contributed by atoms with E-state index in [-0.39, 0.29) is 10.8 Å². The molecule has 2 aromatic carbocycles. The lowest BCUT2D eigenvalue weighted by Gasteiger charge is -2.09. The standard InChI is InChI=1S/C20H16N4O3S/c21-12-15-3-7-18(8-4-15)24-28(26,27)19-9-5-17(6-10-19)20(25)23-14-16-2-1-11-22-13-16/h1-11,13,24H,14H2,(H,23,25). The molecule has 7 nitrogen and oxygen atoms in total. The number of carbonyl (C=O) groups excluding carboxylic acids is 1. The molecular weight excluding hydrogens is 376 g/mol. The predicted molar refractivity (Wildman–Crippen MR) is 104 cm³/mol. The van der Waals surface area contributed by atoms with Crippen LogP contribution < -0.4 is 10.0 Å². The third kappa shape index (κ3) is 4.72. The van der Waals surface area contributed by atoms with E-state index >= 15 is 0 Å². The zero-order chi connectivity index (χ0) is 20.0. The van der Waals surface area contributed by atoms with Gasteiger partial charge >= 0.3 is 0 Å². The number of aromatic nitrogens is 1. The summed E-state index contributed by atoms with van der Waals surface area (Å²) >= 11 is 0. The minimum atomic E-state index is -3.80. The summed E-state index contributed by atoms with van der Waals surface area (Å²) < 4.78 is 27.4. The number of sulfonamides is 1. The van der Waals surface area contributed by atoms with Gasteiger partial charge in [-0.1, -0.05) is 6.07 Å². The SMILES string of the molecule is N#Cc1ccc(NS(=O)(=O)c2ccc(C(=O)NCc3cccnc3)cc2)cc1. The second kappa shape index (κ2) is 8.33. The highest BCUT2D eigenvalue weighted by Gasteiger charge is 2.15. The van der Waals surface area contributed by atoms with E-state index in [0.717, 1.165) is 5.56 Å². The molecule has 0 atom stereocenters. The lowest BCUT2D eigenvalue weighted by atomic mass is 10.2. The van der Waals surface area contributed by atoms with Gasteiger partial charge in [0.2, 0.25) is 0 Å². The van der Waals surface area contributed by atoms with Crippen molar-refractivity contribution in [1.82, 2.24) is 10.3 Å². The summed E-state index contributed by atoms with van der Waals surface area (Å²) in [6.45, 7) is 0.326. The van der Waals surface area contributed by atoms with Crippen LogP contribution in [-0.2, 0) is 16.6 Å². The molecule has 28 heavy (non-hydrogen) atoms. The van der Waals surface area contributed by atoms with Crippen molar-refractivity contribution in [1.29, 1.82) is 5.26 Å². The van der Waals surface area contributed by atoms with Crippen molar-refractivity contribution in [3.05, 3.63) is 89.7 Å². The van der Waals surface area contributed by atoms with E-state index in [2.05, 4.69) is 15.0 Å². The Labute approximate surface area is 162 Å². The Morgan fingerprint density at radius 3 is 2.36 bits per heavy atom.